The number of thioether (sulfide) groups is 1. The number of hydrogen-bond donors (Lipinski definition) is 2. The van der Waals surface area contributed by atoms with E-state index in [9.17, 15) is 9.59 Å². The highest BCUT2D eigenvalue weighted by atomic mass is 32.2. The smallest absolute Gasteiger partial charge is 0.324 e. The fourth-order valence-electron chi connectivity index (χ4n) is 3.57. The molecule has 2 atom stereocenters. The predicted molar refractivity (Wildman–Crippen MR) is 112 cm³/mol. The zero-order valence-corrected chi connectivity index (χ0v) is 16.6. The highest BCUT2D eigenvalue weighted by molar-refractivity contribution is 7.99. The monoisotopic (exact) mass is 394 g/mol. The lowest BCUT2D eigenvalue weighted by Gasteiger charge is -2.14. The molecule has 1 aliphatic heterocycles. The quantitative estimate of drug-likeness (QED) is 0.507. The topological polar surface area (TPSA) is 71.2 Å². The van der Waals surface area contributed by atoms with Gasteiger partial charge in [0.15, 0.2) is 6.61 Å². The van der Waals surface area contributed by atoms with Gasteiger partial charge in [-0.1, -0.05) is 35.9 Å². The SMILES string of the molecule is Cc1ccc(C(=O)COC(=O)[C@@H]2CS[C@@H](c3cccc4[nH]ccc34)N2)c(C)c1. The van der Waals surface area contributed by atoms with Gasteiger partial charge in [-0.05, 0) is 37.1 Å². The molecule has 2 heterocycles. The summed E-state index contributed by atoms with van der Waals surface area (Å²) in [4.78, 5) is 28.1. The number of rotatable bonds is 5. The van der Waals surface area contributed by atoms with Crippen molar-refractivity contribution in [3.05, 3.63) is 70.9 Å². The third-order valence-electron chi connectivity index (χ3n) is 5.01. The number of nitrogens with one attached hydrogen (secondary N) is 2. The molecule has 4 rings (SSSR count). The lowest BCUT2D eigenvalue weighted by atomic mass is 10.0. The van der Waals surface area contributed by atoms with Crippen molar-refractivity contribution >= 4 is 34.4 Å². The van der Waals surface area contributed by atoms with Crippen molar-refractivity contribution < 1.29 is 14.3 Å². The van der Waals surface area contributed by atoms with E-state index in [-0.39, 0.29) is 23.7 Å². The van der Waals surface area contributed by atoms with Crippen LogP contribution in [0, 0.1) is 13.8 Å². The lowest BCUT2D eigenvalue weighted by molar-refractivity contribution is -0.144. The molecule has 2 aromatic carbocycles. The van der Waals surface area contributed by atoms with Crippen LogP contribution in [-0.4, -0.2) is 35.1 Å². The molecule has 1 saturated heterocycles. The van der Waals surface area contributed by atoms with Crippen LogP contribution in [0.3, 0.4) is 0 Å². The Morgan fingerprint density at radius 1 is 1.18 bits per heavy atom. The molecule has 0 unspecified atom stereocenters. The van der Waals surface area contributed by atoms with E-state index in [2.05, 4.69) is 16.4 Å². The number of ketones is 1. The fourth-order valence-corrected chi connectivity index (χ4v) is 4.83. The van der Waals surface area contributed by atoms with E-state index in [1.165, 1.54) is 0 Å². The van der Waals surface area contributed by atoms with Crippen molar-refractivity contribution in [2.45, 2.75) is 25.3 Å². The van der Waals surface area contributed by atoms with E-state index in [4.69, 9.17) is 4.74 Å². The molecule has 2 N–H and O–H groups in total. The van der Waals surface area contributed by atoms with Crippen molar-refractivity contribution in [1.29, 1.82) is 0 Å². The first-order chi connectivity index (χ1) is 13.5. The summed E-state index contributed by atoms with van der Waals surface area (Å²) in [7, 11) is 0. The van der Waals surface area contributed by atoms with Crippen molar-refractivity contribution in [1.82, 2.24) is 10.3 Å². The molecule has 0 bridgehead atoms. The molecule has 144 valence electrons. The van der Waals surface area contributed by atoms with Gasteiger partial charge in [-0.15, -0.1) is 11.8 Å². The van der Waals surface area contributed by atoms with Crippen LogP contribution in [0.1, 0.15) is 32.4 Å². The third-order valence-corrected chi connectivity index (χ3v) is 6.25. The molecule has 1 aliphatic rings. The normalized spacial score (nSPS) is 19.1. The summed E-state index contributed by atoms with van der Waals surface area (Å²) >= 11 is 1.67. The first kappa shape index (κ1) is 18.8. The second-order valence-electron chi connectivity index (χ2n) is 7.07. The van der Waals surface area contributed by atoms with Gasteiger partial charge in [-0.2, -0.15) is 0 Å². The number of carbonyl (C=O) groups is 2. The number of Topliss-reactive ketones (excluding diaryl/α,β-unsaturated/α-hetero) is 1. The number of benzene rings is 2. The molecule has 0 spiro atoms. The second-order valence-corrected chi connectivity index (χ2v) is 8.21. The maximum Gasteiger partial charge on any atom is 0.324 e. The number of aromatic amines is 1. The van der Waals surface area contributed by atoms with Gasteiger partial charge < -0.3 is 9.72 Å². The highest BCUT2D eigenvalue weighted by Crippen LogP contribution is 2.36. The first-order valence-electron chi connectivity index (χ1n) is 9.23. The first-order valence-corrected chi connectivity index (χ1v) is 10.3. The Hall–Kier alpha value is -2.57. The lowest BCUT2D eigenvalue weighted by Crippen LogP contribution is -2.36. The molecule has 0 amide bonds. The van der Waals surface area contributed by atoms with Crippen molar-refractivity contribution in [2.75, 3.05) is 12.4 Å². The molecule has 28 heavy (non-hydrogen) atoms. The van der Waals surface area contributed by atoms with Crippen LogP contribution < -0.4 is 5.32 Å². The van der Waals surface area contributed by atoms with Gasteiger partial charge in [0.25, 0.3) is 0 Å². The third kappa shape index (κ3) is 3.70. The Labute approximate surface area is 167 Å². The number of ether oxygens (including phenoxy) is 1. The van der Waals surface area contributed by atoms with Gasteiger partial charge in [-0.3, -0.25) is 14.9 Å². The number of H-pyrrole nitrogens is 1. The summed E-state index contributed by atoms with van der Waals surface area (Å²) in [6, 6.07) is 13.4. The van der Waals surface area contributed by atoms with Gasteiger partial charge in [0.1, 0.15) is 6.04 Å². The minimum absolute atomic E-state index is 0.0205. The maximum atomic E-state index is 12.5. The molecule has 0 radical (unpaired) electrons. The zero-order chi connectivity index (χ0) is 19.7. The van der Waals surface area contributed by atoms with E-state index < -0.39 is 6.04 Å². The second kappa shape index (κ2) is 7.81. The van der Waals surface area contributed by atoms with Gasteiger partial charge in [0.2, 0.25) is 5.78 Å². The van der Waals surface area contributed by atoms with E-state index in [1.807, 2.05) is 50.4 Å². The molecule has 0 saturated carbocycles. The van der Waals surface area contributed by atoms with Gasteiger partial charge in [0, 0.05) is 28.4 Å². The molecule has 0 aliphatic carbocycles. The molecule has 1 aromatic heterocycles. The van der Waals surface area contributed by atoms with Crippen molar-refractivity contribution in [3.8, 4) is 0 Å². The Kier molecular flexibility index (Phi) is 5.24. The van der Waals surface area contributed by atoms with Crippen molar-refractivity contribution in [2.24, 2.45) is 0 Å². The summed E-state index contributed by atoms with van der Waals surface area (Å²) in [6.45, 7) is 3.64. The Bertz CT molecular complexity index is 1040. The Balaban J connectivity index is 1.37. The van der Waals surface area contributed by atoms with Gasteiger partial charge in [-0.25, -0.2) is 0 Å². The van der Waals surface area contributed by atoms with Crippen LogP contribution in [0.4, 0.5) is 0 Å². The average molecular weight is 394 g/mol. The Morgan fingerprint density at radius 2 is 2.04 bits per heavy atom. The molecular formula is C22H22N2O3S. The fraction of sp³-hybridized carbons (Fsp3) is 0.273. The number of carbonyl (C=O) groups excluding carboxylic acids is 2. The number of esters is 1. The summed E-state index contributed by atoms with van der Waals surface area (Å²) in [5.41, 5.74) is 4.82. The van der Waals surface area contributed by atoms with Crippen LogP contribution in [0.25, 0.3) is 10.9 Å². The minimum atomic E-state index is -0.420. The summed E-state index contributed by atoms with van der Waals surface area (Å²) in [5, 5.41) is 4.50. The van der Waals surface area contributed by atoms with Crippen LogP contribution in [0.2, 0.25) is 0 Å². The van der Waals surface area contributed by atoms with Gasteiger partial charge in [0.05, 0.1) is 5.37 Å². The minimum Gasteiger partial charge on any atom is -0.456 e. The highest BCUT2D eigenvalue weighted by Gasteiger charge is 2.32. The van der Waals surface area contributed by atoms with Crippen LogP contribution >= 0.6 is 11.8 Å². The van der Waals surface area contributed by atoms with Crippen LogP contribution in [-0.2, 0) is 9.53 Å². The van der Waals surface area contributed by atoms with Gasteiger partial charge >= 0.3 is 5.97 Å². The molecular weight excluding hydrogens is 372 g/mol. The van der Waals surface area contributed by atoms with E-state index >= 15 is 0 Å². The summed E-state index contributed by atoms with van der Waals surface area (Å²) in [5.74, 6) is 0.0571. The molecule has 1 fully saturated rings. The predicted octanol–water partition coefficient (Wildman–Crippen LogP) is 3.91. The molecule has 6 heteroatoms. The molecule has 3 aromatic rings. The van der Waals surface area contributed by atoms with Crippen LogP contribution in [0.5, 0.6) is 0 Å². The van der Waals surface area contributed by atoms with E-state index in [1.54, 1.807) is 17.8 Å². The average Bonchev–Trinajstić information content (AvgIpc) is 3.35. The standard InChI is InChI=1S/C22H22N2O3S/c1-13-6-7-15(14(2)10-13)20(25)11-27-22(26)19-12-28-21(24-19)17-4-3-5-18-16(17)8-9-23-18/h3-10,19,21,23-24H,11-12H2,1-2H3/t19-,21-/m0/s1. The number of aryl methyl sites for hydroxylation is 2. The number of hydrogen-bond acceptors (Lipinski definition) is 5. The zero-order valence-electron chi connectivity index (χ0n) is 15.8. The number of aromatic nitrogens is 1. The molecule has 5 nitrogen and oxygen atoms in total. The van der Waals surface area contributed by atoms with Crippen molar-refractivity contribution in [3.63, 3.8) is 0 Å². The van der Waals surface area contributed by atoms with E-state index in [0.29, 0.717) is 11.3 Å². The van der Waals surface area contributed by atoms with Crippen LogP contribution in [0.15, 0.2) is 48.7 Å². The van der Waals surface area contributed by atoms with E-state index in [0.717, 1.165) is 27.6 Å². The summed E-state index contributed by atoms with van der Waals surface area (Å²) < 4.78 is 5.31. The largest absolute Gasteiger partial charge is 0.456 e. The number of fused-ring (bicyclic) bond motifs is 1. The maximum absolute atomic E-state index is 12.5. The summed E-state index contributed by atoms with van der Waals surface area (Å²) in [6.07, 6.45) is 1.91. The Morgan fingerprint density at radius 3 is 2.86 bits per heavy atom.